The highest BCUT2D eigenvalue weighted by Gasteiger charge is 2.34. The quantitative estimate of drug-likeness (QED) is 0.771. The smallest absolute Gasteiger partial charge is 0.366 e. The van der Waals surface area contributed by atoms with Crippen LogP contribution < -0.4 is 10.6 Å². The van der Waals surface area contributed by atoms with E-state index in [1.165, 1.54) is 6.07 Å². The van der Waals surface area contributed by atoms with E-state index in [-0.39, 0.29) is 24.4 Å². The lowest BCUT2D eigenvalue weighted by Gasteiger charge is -2.16. The Hall–Kier alpha value is -2.38. The van der Waals surface area contributed by atoms with Crippen LogP contribution in [0.3, 0.4) is 0 Å². The first-order chi connectivity index (χ1) is 11.9. The molecule has 1 heterocycles. The zero-order chi connectivity index (χ0) is 17.9. The number of hydrogen-bond donors (Lipinski definition) is 2. The van der Waals surface area contributed by atoms with Crippen LogP contribution in [0.4, 0.5) is 29.3 Å². The predicted molar refractivity (Wildman–Crippen MR) is 86.6 cm³/mol. The number of aromatic nitrogens is 2. The first-order valence-corrected chi connectivity index (χ1v) is 8.12. The summed E-state index contributed by atoms with van der Waals surface area (Å²) >= 11 is 0. The maximum Gasteiger partial charge on any atom is 0.433 e. The monoisotopic (exact) mass is 354 g/mol. The van der Waals surface area contributed by atoms with Crippen molar-refractivity contribution in [2.24, 2.45) is 0 Å². The van der Waals surface area contributed by atoms with Gasteiger partial charge in [-0.2, -0.15) is 18.2 Å². The summed E-state index contributed by atoms with van der Waals surface area (Å²) in [7, 11) is 0. The molecule has 0 saturated heterocycles. The molecular formula is C17H18F4N4. The van der Waals surface area contributed by atoms with E-state index in [1.54, 1.807) is 18.2 Å². The highest BCUT2D eigenvalue weighted by molar-refractivity contribution is 5.44. The number of benzene rings is 1. The molecule has 1 saturated carbocycles. The summed E-state index contributed by atoms with van der Waals surface area (Å²) in [6.45, 7) is 0.0316. The second kappa shape index (κ2) is 7.25. The molecule has 2 N–H and O–H groups in total. The Morgan fingerprint density at radius 3 is 2.48 bits per heavy atom. The zero-order valence-corrected chi connectivity index (χ0v) is 13.4. The number of halogens is 4. The van der Waals surface area contributed by atoms with Crippen LogP contribution in [0.1, 0.15) is 36.9 Å². The minimum Gasteiger partial charge on any atom is -0.366 e. The SMILES string of the molecule is Fc1ccccc1CNc1cc(C(F)(F)F)nc(NC2CCCC2)n1. The van der Waals surface area contributed by atoms with Crippen LogP contribution in [0.15, 0.2) is 30.3 Å². The normalized spacial score (nSPS) is 15.4. The maximum atomic E-state index is 13.6. The number of nitrogens with one attached hydrogen (secondary N) is 2. The Labute approximate surface area is 142 Å². The summed E-state index contributed by atoms with van der Waals surface area (Å²) in [6, 6.07) is 6.99. The fourth-order valence-electron chi connectivity index (χ4n) is 2.83. The number of alkyl halides is 3. The standard InChI is InChI=1S/C17H18F4N4/c18-13-8-4-1-5-11(13)10-22-15-9-14(17(19,20)21)24-16(25-15)23-12-6-2-3-7-12/h1,4-5,8-9,12H,2-3,6-7,10H2,(H2,22,23,24,25). The van der Waals surface area contributed by atoms with Gasteiger partial charge in [0.1, 0.15) is 11.6 Å². The van der Waals surface area contributed by atoms with Gasteiger partial charge in [0.05, 0.1) is 0 Å². The molecule has 1 aromatic heterocycles. The van der Waals surface area contributed by atoms with Crippen LogP contribution in [-0.4, -0.2) is 16.0 Å². The largest absolute Gasteiger partial charge is 0.433 e. The summed E-state index contributed by atoms with van der Waals surface area (Å²) in [6.07, 6.45) is -0.733. The molecule has 4 nitrogen and oxygen atoms in total. The molecule has 2 aromatic rings. The molecular weight excluding hydrogens is 336 g/mol. The van der Waals surface area contributed by atoms with Crippen molar-refractivity contribution in [3.63, 3.8) is 0 Å². The van der Waals surface area contributed by atoms with Crippen molar-refractivity contribution < 1.29 is 17.6 Å². The summed E-state index contributed by atoms with van der Waals surface area (Å²) in [5.41, 5.74) is -0.681. The molecule has 8 heteroatoms. The number of hydrogen-bond acceptors (Lipinski definition) is 4. The molecule has 0 radical (unpaired) electrons. The number of nitrogens with zero attached hydrogens (tertiary/aromatic N) is 2. The topological polar surface area (TPSA) is 49.8 Å². The van der Waals surface area contributed by atoms with E-state index in [2.05, 4.69) is 20.6 Å². The molecule has 0 bridgehead atoms. The summed E-state index contributed by atoms with van der Waals surface area (Å²) in [5, 5.41) is 5.72. The maximum absolute atomic E-state index is 13.6. The molecule has 0 unspecified atom stereocenters. The van der Waals surface area contributed by atoms with Gasteiger partial charge in [-0.1, -0.05) is 31.0 Å². The average molecular weight is 354 g/mol. The first kappa shape index (κ1) is 17.4. The van der Waals surface area contributed by atoms with E-state index in [1.807, 2.05) is 0 Å². The molecule has 1 aliphatic rings. The van der Waals surface area contributed by atoms with Crippen molar-refractivity contribution in [2.75, 3.05) is 10.6 Å². The minimum absolute atomic E-state index is 0.00563. The Kier molecular flexibility index (Phi) is 5.06. The molecule has 1 fully saturated rings. The van der Waals surface area contributed by atoms with E-state index in [0.717, 1.165) is 31.7 Å². The van der Waals surface area contributed by atoms with Crippen LogP contribution in [0.25, 0.3) is 0 Å². The van der Waals surface area contributed by atoms with Gasteiger partial charge in [0.25, 0.3) is 0 Å². The lowest BCUT2D eigenvalue weighted by molar-refractivity contribution is -0.141. The van der Waals surface area contributed by atoms with Crippen molar-refractivity contribution in [3.8, 4) is 0 Å². The van der Waals surface area contributed by atoms with Crippen LogP contribution in [0.2, 0.25) is 0 Å². The number of anilines is 2. The molecule has 134 valence electrons. The Balaban J connectivity index is 1.80. The van der Waals surface area contributed by atoms with Crippen LogP contribution >= 0.6 is 0 Å². The fraction of sp³-hybridized carbons (Fsp3) is 0.412. The van der Waals surface area contributed by atoms with Gasteiger partial charge in [-0.3, -0.25) is 0 Å². The highest BCUT2D eigenvalue weighted by Crippen LogP contribution is 2.30. The molecule has 1 aromatic carbocycles. The van der Waals surface area contributed by atoms with Gasteiger partial charge in [0, 0.05) is 24.2 Å². The molecule has 0 aliphatic heterocycles. The van der Waals surface area contributed by atoms with Gasteiger partial charge < -0.3 is 10.6 Å². The molecule has 1 aliphatic carbocycles. The molecule has 25 heavy (non-hydrogen) atoms. The van der Waals surface area contributed by atoms with Gasteiger partial charge in [0.15, 0.2) is 5.69 Å². The second-order valence-electron chi connectivity index (χ2n) is 6.03. The van der Waals surface area contributed by atoms with Crippen molar-refractivity contribution in [1.82, 2.24) is 9.97 Å². The summed E-state index contributed by atoms with van der Waals surface area (Å²) < 4.78 is 52.9. The van der Waals surface area contributed by atoms with Crippen LogP contribution in [0.5, 0.6) is 0 Å². The van der Waals surface area contributed by atoms with Gasteiger partial charge >= 0.3 is 6.18 Å². The Morgan fingerprint density at radius 2 is 1.80 bits per heavy atom. The van der Waals surface area contributed by atoms with Crippen molar-refractivity contribution >= 4 is 11.8 Å². The van der Waals surface area contributed by atoms with E-state index < -0.39 is 17.7 Å². The van der Waals surface area contributed by atoms with Crippen LogP contribution in [0, 0.1) is 5.82 Å². The lowest BCUT2D eigenvalue weighted by atomic mass is 10.2. The number of rotatable bonds is 5. The summed E-state index contributed by atoms with van der Waals surface area (Å²) in [4.78, 5) is 7.68. The van der Waals surface area contributed by atoms with Gasteiger partial charge in [-0.05, 0) is 18.9 Å². The molecule has 3 rings (SSSR count). The molecule has 0 spiro atoms. The third-order valence-electron chi connectivity index (χ3n) is 4.12. The van der Waals surface area contributed by atoms with Gasteiger partial charge in [-0.25, -0.2) is 9.37 Å². The lowest BCUT2D eigenvalue weighted by Crippen LogP contribution is -2.19. The van der Waals surface area contributed by atoms with Crippen molar-refractivity contribution in [1.29, 1.82) is 0 Å². The Bertz CT molecular complexity index is 727. The molecule has 0 amide bonds. The third-order valence-corrected chi connectivity index (χ3v) is 4.12. The van der Waals surface area contributed by atoms with E-state index >= 15 is 0 Å². The zero-order valence-electron chi connectivity index (χ0n) is 13.4. The first-order valence-electron chi connectivity index (χ1n) is 8.12. The average Bonchev–Trinajstić information content (AvgIpc) is 3.06. The van der Waals surface area contributed by atoms with Gasteiger partial charge in [-0.15, -0.1) is 0 Å². The summed E-state index contributed by atoms with van der Waals surface area (Å²) in [5.74, 6) is -0.478. The van der Waals surface area contributed by atoms with E-state index in [0.29, 0.717) is 5.56 Å². The molecule has 0 atom stereocenters. The minimum atomic E-state index is -4.58. The fourth-order valence-corrected chi connectivity index (χ4v) is 2.83. The van der Waals surface area contributed by atoms with Crippen LogP contribution in [-0.2, 0) is 12.7 Å². The van der Waals surface area contributed by atoms with Crippen molar-refractivity contribution in [3.05, 3.63) is 47.4 Å². The van der Waals surface area contributed by atoms with Gasteiger partial charge in [0.2, 0.25) is 5.95 Å². The van der Waals surface area contributed by atoms with E-state index in [4.69, 9.17) is 0 Å². The van der Waals surface area contributed by atoms with Crippen molar-refractivity contribution in [2.45, 2.75) is 44.4 Å². The Morgan fingerprint density at radius 1 is 1.08 bits per heavy atom. The predicted octanol–water partition coefficient (Wildman–Crippen LogP) is 4.60. The third kappa shape index (κ3) is 4.58. The van der Waals surface area contributed by atoms with E-state index in [9.17, 15) is 17.6 Å². The second-order valence-corrected chi connectivity index (χ2v) is 6.03. The highest BCUT2D eigenvalue weighted by atomic mass is 19.4.